The summed E-state index contributed by atoms with van der Waals surface area (Å²) in [5.74, 6) is -0.498. The molecule has 98 valence electrons. The molecule has 0 saturated carbocycles. The zero-order chi connectivity index (χ0) is 13.8. The number of halogens is 1. The van der Waals surface area contributed by atoms with Gasteiger partial charge in [-0.05, 0) is 23.8 Å². The molecular weight excluding hydrogens is 253 g/mol. The molecule has 0 spiro atoms. The first-order chi connectivity index (χ1) is 9.06. The van der Waals surface area contributed by atoms with Crippen molar-refractivity contribution in [2.75, 3.05) is 5.73 Å². The molecule has 0 aliphatic carbocycles. The standard InChI is InChI=1S/C12H10FN3O3/c13-10-6-9(16(17)18)1-2-11(10)19-7-8-3-4-15-12(14)5-8/h1-6H,7H2,(H2,14,15). The monoisotopic (exact) mass is 263 g/mol. The molecular formula is C12H10FN3O3. The second-order valence-corrected chi connectivity index (χ2v) is 3.75. The number of benzene rings is 1. The maximum Gasteiger partial charge on any atom is 0.272 e. The Bertz CT molecular complexity index is 619. The smallest absolute Gasteiger partial charge is 0.272 e. The molecule has 19 heavy (non-hydrogen) atoms. The Morgan fingerprint density at radius 3 is 2.79 bits per heavy atom. The van der Waals surface area contributed by atoms with Crippen molar-refractivity contribution in [2.24, 2.45) is 0 Å². The van der Waals surface area contributed by atoms with Crippen LogP contribution in [0.4, 0.5) is 15.9 Å². The third-order valence-corrected chi connectivity index (χ3v) is 2.37. The van der Waals surface area contributed by atoms with Crippen LogP contribution in [-0.4, -0.2) is 9.91 Å². The van der Waals surface area contributed by atoms with E-state index in [0.29, 0.717) is 5.82 Å². The van der Waals surface area contributed by atoms with Crippen LogP contribution in [0.2, 0.25) is 0 Å². The summed E-state index contributed by atoms with van der Waals surface area (Å²) in [6, 6.07) is 6.50. The SMILES string of the molecule is Nc1cc(COc2ccc([N+](=O)[O-])cc2F)ccn1. The molecule has 1 aromatic heterocycles. The molecule has 0 unspecified atom stereocenters. The van der Waals surface area contributed by atoms with Gasteiger partial charge in [0.05, 0.1) is 11.0 Å². The summed E-state index contributed by atoms with van der Waals surface area (Å²) in [4.78, 5) is 13.6. The molecule has 0 aliphatic heterocycles. The van der Waals surface area contributed by atoms with Crippen molar-refractivity contribution in [3.05, 3.63) is 58.0 Å². The summed E-state index contributed by atoms with van der Waals surface area (Å²) in [6.07, 6.45) is 1.51. The maximum atomic E-state index is 13.5. The Hall–Kier alpha value is -2.70. The van der Waals surface area contributed by atoms with Gasteiger partial charge in [-0.25, -0.2) is 9.37 Å². The fourth-order valence-corrected chi connectivity index (χ4v) is 1.47. The van der Waals surface area contributed by atoms with Crippen LogP contribution in [0.1, 0.15) is 5.56 Å². The number of non-ortho nitro benzene ring substituents is 1. The van der Waals surface area contributed by atoms with Gasteiger partial charge in [-0.1, -0.05) is 0 Å². The van der Waals surface area contributed by atoms with Crippen molar-refractivity contribution in [2.45, 2.75) is 6.61 Å². The van der Waals surface area contributed by atoms with E-state index in [-0.39, 0.29) is 18.0 Å². The van der Waals surface area contributed by atoms with E-state index >= 15 is 0 Å². The first-order valence-electron chi connectivity index (χ1n) is 5.33. The predicted octanol–water partition coefficient (Wildman–Crippen LogP) is 2.29. The van der Waals surface area contributed by atoms with Crippen LogP contribution in [0, 0.1) is 15.9 Å². The van der Waals surface area contributed by atoms with E-state index in [1.54, 1.807) is 12.1 Å². The van der Waals surface area contributed by atoms with E-state index < -0.39 is 10.7 Å². The molecule has 0 saturated heterocycles. The highest BCUT2D eigenvalue weighted by Gasteiger charge is 2.11. The lowest BCUT2D eigenvalue weighted by Crippen LogP contribution is -2.00. The summed E-state index contributed by atoms with van der Waals surface area (Å²) < 4.78 is 18.8. The number of nitrogen functional groups attached to an aromatic ring is 1. The number of pyridine rings is 1. The lowest BCUT2D eigenvalue weighted by molar-refractivity contribution is -0.385. The minimum absolute atomic E-state index is 0.0546. The van der Waals surface area contributed by atoms with Crippen LogP contribution in [0.5, 0.6) is 5.75 Å². The first kappa shape index (κ1) is 12.7. The first-order valence-corrected chi connectivity index (χ1v) is 5.33. The molecule has 0 radical (unpaired) electrons. The van der Waals surface area contributed by atoms with Crippen LogP contribution in [0.3, 0.4) is 0 Å². The van der Waals surface area contributed by atoms with E-state index in [1.165, 1.54) is 18.3 Å². The molecule has 2 N–H and O–H groups in total. The van der Waals surface area contributed by atoms with Gasteiger partial charge in [-0.3, -0.25) is 10.1 Å². The quantitative estimate of drug-likeness (QED) is 0.675. The fourth-order valence-electron chi connectivity index (χ4n) is 1.47. The molecule has 2 rings (SSSR count). The third kappa shape index (κ3) is 3.15. The lowest BCUT2D eigenvalue weighted by atomic mass is 10.2. The Kier molecular flexibility index (Phi) is 3.56. The van der Waals surface area contributed by atoms with Crippen LogP contribution >= 0.6 is 0 Å². The molecule has 0 bridgehead atoms. The number of hydrogen-bond acceptors (Lipinski definition) is 5. The number of nitrogens with two attached hydrogens (primary N) is 1. The van der Waals surface area contributed by atoms with E-state index in [4.69, 9.17) is 10.5 Å². The van der Waals surface area contributed by atoms with E-state index in [0.717, 1.165) is 11.6 Å². The molecule has 1 heterocycles. The minimum atomic E-state index is -0.781. The number of anilines is 1. The van der Waals surface area contributed by atoms with Gasteiger partial charge in [-0.15, -0.1) is 0 Å². The van der Waals surface area contributed by atoms with Crippen molar-refractivity contribution in [1.82, 2.24) is 4.98 Å². The molecule has 2 aromatic rings. The number of hydrogen-bond donors (Lipinski definition) is 1. The van der Waals surface area contributed by atoms with E-state index in [2.05, 4.69) is 4.98 Å². The Morgan fingerprint density at radius 2 is 2.16 bits per heavy atom. The molecule has 0 aliphatic rings. The molecule has 0 amide bonds. The number of rotatable bonds is 4. The van der Waals surface area contributed by atoms with Gasteiger partial charge >= 0.3 is 0 Å². The number of aromatic nitrogens is 1. The number of nitro benzene ring substituents is 1. The topological polar surface area (TPSA) is 91.3 Å². The summed E-state index contributed by atoms with van der Waals surface area (Å²) in [5, 5.41) is 10.5. The van der Waals surface area contributed by atoms with Crippen molar-refractivity contribution in [3.63, 3.8) is 0 Å². The number of nitro groups is 1. The second kappa shape index (κ2) is 5.30. The van der Waals surface area contributed by atoms with Gasteiger partial charge in [0.1, 0.15) is 12.4 Å². The van der Waals surface area contributed by atoms with Gasteiger partial charge in [0, 0.05) is 12.3 Å². The summed E-state index contributed by atoms with van der Waals surface area (Å²) in [7, 11) is 0. The fraction of sp³-hybridized carbons (Fsp3) is 0.0833. The van der Waals surface area contributed by atoms with Crippen LogP contribution < -0.4 is 10.5 Å². The lowest BCUT2D eigenvalue weighted by Gasteiger charge is -2.07. The van der Waals surface area contributed by atoms with Crippen molar-refractivity contribution >= 4 is 11.5 Å². The Morgan fingerprint density at radius 1 is 1.37 bits per heavy atom. The highest BCUT2D eigenvalue weighted by Crippen LogP contribution is 2.23. The Balaban J connectivity index is 2.10. The van der Waals surface area contributed by atoms with Gasteiger partial charge < -0.3 is 10.5 Å². The Labute approximate surface area is 107 Å². The number of nitrogens with zero attached hydrogens (tertiary/aromatic N) is 2. The summed E-state index contributed by atoms with van der Waals surface area (Å²) in [6.45, 7) is 0.0987. The van der Waals surface area contributed by atoms with Gasteiger partial charge in [-0.2, -0.15) is 0 Å². The second-order valence-electron chi connectivity index (χ2n) is 3.75. The number of ether oxygens (including phenoxy) is 1. The minimum Gasteiger partial charge on any atom is -0.486 e. The normalized spacial score (nSPS) is 10.2. The van der Waals surface area contributed by atoms with Gasteiger partial charge in [0.15, 0.2) is 11.6 Å². The van der Waals surface area contributed by atoms with Crippen molar-refractivity contribution < 1.29 is 14.1 Å². The summed E-state index contributed by atoms with van der Waals surface area (Å²) in [5.41, 5.74) is 5.90. The predicted molar refractivity (Wildman–Crippen MR) is 66.0 cm³/mol. The van der Waals surface area contributed by atoms with Crippen molar-refractivity contribution in [3.8, 4) is 5.75 Å². The molecule has 6 nitrogen and oxygen atoms in total. The average Bonchev–Trinajstić information content (AvgIpc) is 2.37. The van der Waals surface area contributed by atoms with Gasteiger partial charge in [0.25, 0.3) is 5.69 Å². The maximum absolute atomic E-state index is 13.5. The molecule has 1 aromatic carbocycles. The third-order valence-electron chi connectivity index (χ3n) is 2.37. The zero-order valence-electron chi connectivity index (χ0n) is 9.75. The van der Waals surface area contributed by atoms with Crippen LogP contribution in [0.15, 0.2) is 36.5 Å². The van der Waals surface area contributed by atoms with E-state index in [1.807, 2.05) is 0 Å². The highest BCUT2D eigenvalue weighted by molar-refractivity contribution is 5.38. The molecule has 7 heteroatoms. The van der Waals surface area contributed by atoms with Crippen LogP contribution in [0.25, 0.3) is 0 Å². The van der Waals surface area contributed by atoms with E-state index in [9.17, 15) is 14.5 Å². The molecule has 0 fully saturated rings. The van der Waals surface area contributed by atoms with Crippen LogP contribution in [-0.2, 0) is 6.61 Å². The van der Waals surface area contributed by atoms with Crippen molar-refractivity contribution in [1.29, 1.82) is 0 Å². The zero-order valence-corrected chi connectivity index (χ0v) is 9.75. The average molecular weight is 263 g/mol. The molecule has 0 atom stereocenters. The summed E-state index contributed by atoms with van der Waals surface area (Å²) >= 11 is 0. The largest absolute Gasteiger partial charge is 0.486 e. The van der Waals surface area contributed by atoms with Gasteiger partial charge in [0.2, 0.25) is 0 Å². The highest BCUT2D eigenvalue weighted by atomic mass is 19.1.